The number of aromatic nitrogens is 1. The minimum atomic E-state index is -1.14. The van der Waals surface area contributed by atoms with Crippen LogP contribution in [-0.2, 0) is 22.4 Å². The summed E-state index contributed by atoms with van der Waals surface area (Å²) in [7, 11) is 1.38. The van der Waals surface area contributed by atoms with Crippen molar-refractivity contribution >= 4 is 28.5 Å². The average Bonchev–Trinajstić information content (AvgIpc) is 2.79. The summed E-state index contributed by atoms with van der Waals surface area (Å²) in [6, 6.07) is -1.66. The van der Waals surface area contributed by atoms with Gasteiger partial charge in [0.15, 0.2) is 11.2 Å². The third-order valence-electron chi connectivity index (χ3n) is 3.00. The number of aliphatic carboxylic acids is 1. The predicted molar refractivity (Wildman–Crippen MR) is 74.2 cm³/mol. The topological polar surface area (TPSA) is 101 Å². The number of carbonyl (C=O) groups is 2. The van der Waals surface area contributed by atoms with E-state index in [1.54, 1.807) is 0 Å². The van der Waals surface area contributed by atoms with E-state index in [2.05, 4.69) is 15.6 Å². The third-order valence-corrected chi connectivity index (χ3v) is 4.08. The Morgan fingerprint density at radius 1 is 1.45 bits per heavy atom. The molecule has 3 N–H and O–H groups in total. The van der Waals surface area contributed by atoms with Gasteiger partial charge in [-0.3, -0.25) is 5.32 Å². The number of carboxylic acid groups (broad SMARTS) is 1. The molecular weight excluding hydrogens is 282 g/mol. The van der Waals surface area contributed by atoms with Crippen molar-refractivity contribution in [2.24, 2.45) is 0 Å². The predicted octanol–water partition coefficient (Wildman–Crippen LogP) is 1.24. The maximum Gasteiger partial charge on any atom is 0.328 e. The summed E-state index contributed by atoms with van der Waals surface area (Å²) < 4.78 is 4.75. The van der Waals surface area contributed by atoms with Crippen molar-refractivity contribution < 1.29 is 19.4 Å². The zero-order chi connectivity index (χ0) is 14.5. The number of anilines is 1. The minimum absolute atomic E-state index is 0.0862. The molecule has 1 aliphatic carbocycles. The smallest absolute Gasteiger partial charge is 0.328 e. The van der Waals surface area contributed by atoms with E-state index in [4.69, 9.17) is 9.84 Å². The van der Waals surface area contributed by atoms with Crippen molar-refractivity contribution in [3.8, 4) is 0 Å². The maximum atomic E-state index is 11.7. The summed E-state index contributed by atoms with van der Waals surface area (Å²) in [6.45, 7) is -0.0862. The number of urea groups is 1. The van der Waals surface area contributed by atoms with E-state index < -0.39 is 18.0 Å². The number of nitrogens with zero attached hydrogens (tertiary/aromatic N) is 1. The van der Waals surface area contributed by atoms with E-state index >= 15 is 0 Å². The Labute approximate surface area is 120 Å². The number of thiazole rings is 1. The molecule has 0 spiro atoms. The molecule has 0 radical (unpaired) electrons. The first kappa shape index (κ1) is 14.7. The molecule has 2 amide bonds. The van der Waals surface area contributed by atoms with Gasteiger partial charge in [-0.1, -0.05) is 0 Å². The number of hydrogen-bond donors (Lipinski definition) is 3. The molecule has 1 aliphatic rings. The Bertz CT molecular complexity index is 479. The van der Waals surface area contributed by atoms with Crippen LogP contribution in [0.5, 0.6) is 0 Å². The Hall–Kier alpha value is -1.67. The van der Waals surface area contributed by atoms with Gasteiger partial charge in [0.2, 0.25) is 0 Å². The number of hydrogen-bond acceptors (Lipinski definition) is 5. The Balaban J connectivity index is 1.93. The van der Waals surface area contributed by atoms with Crippen molar-refractivity contribution in [3.05, 3.63) is 10.6 Å². The highest BCUT2D eigenvalue weighted by Crippen LogP contribution is 2.29. The fourth-order valence-electron chi connectivity index (χ4n) is 2.04. The second-order valence-corrected chi connectivity index (χ2v) is 5.62. The van der Waals surface area contributed by atoms with Gasteiger partial charge in [-0.15, -0.1) is 11.3 Å². The summed E-state index contributed by atoms with van der Waals surface area (Å²) in [6.07, 6.45) is 4.21. The molecule has 20 heavy (non-hydrogen) atoms. The maximum absolute atomic E-state index is 11.7. The van der Waals surface area contributed by atoms with E-state index in [1.807, 2.05) is 0 Å². The molecule has 1 heterocycles. The SMILES string of the molecule is COCC(NC(=O)Nc1nc2c(s1)CCCC2)C(=O)O. The molecule has 1 aromatic rings. The average molecular weight is 299 g/mol. The van der Waals surface area contributed by atoms with Crippen LogP contribution in [0.25, 0.3) is 0 Å². The van der Waals surface area contributed by atoms with Crippen molar-refractivity contribution in [1.29, 1.82) is 0 Å². The van der Waals surface area contributed by atoms with Crippen molar-refractivity contribution in [3.63, 3.8) is 0 Å². The van der Waals surface area contributed by atoms with Crippen LogP contribution in [0.2, 0.25) is 0 Å². The summed E-state index contributed by atoms with van der Waals surface area (Å²) in [4.78, 5) is 28.2. The second kappa shape index (κ2) is 6.67. The van der Waals surface area contributed by atoms with Gasteiger partial charge in [0.25, 0.3) is 0 Å². The highest BCUT2D eigenvalue weighted by molar-refractivity contribution is 7.15. The number of rotatable bonds is 5. The van der Waals surface area contributed by atoms with Crippen LogP contribution >= 0.6 is 11.3 Å². The lowest BCUT2D eigenvalue weighted by molar-refractivity contribution is -0.140. The second-order valence-electron chi connectivity index (χ2n) is 4.54. The number of aryl methyl sites for hydroxylation is 2. The number of amides is 2. The summed E-state index contributed by atoms with van der Waals surface area (Å²) in [5, 5.41) is 14.3. The number of fused-ring (bicyclic) bond motifs is 1. The molecule has 0 saturated carbocycles. The lowest BCUT2D eigenvalue weighted by Gasteiger charge is -2.13. The first-order valence-corrected chi connectivity index (χ1v) is 7.19. The molecule has 8 heteroatoms. The van der Waals surface area contributed by atoms with Crippen LogP contribution in [0.4, 0.5) is 9.93 Å². The van der Waals surface area contributed by atoms with Gasteiger partial charge in [0.05, 0.1) is 12.3 Å². The number of nitrogens with one attached hydrogen (secondary N) is 2. The van der Waals surface area contributed by atoms with Crippen LogP contribution in [0, 0.1) is 0 Å². The van der Waals surface area contributed by atoms with Gasteiger partial charge in [0.1, 0.15) is 0 Å². The number of ether oxygens (including phenoxy) is 1. The minimum Gasteiger partial charge on any atom is -0.480 e. The molecule has 1 aromatic heterocycles. The monoisotopic (exact) mass is 299 g/mol. The molecule has 110 valence electrons. The zero-order valence-corrected chi connectivity index (χ0v) is 12.0. The van der Waals surface area contributed by atoms with Crippen LogP contribution in [-0.4, -0.2) is 41.8 Å². The molecular formula is C12H17N3O4S. The first-order chi connectivity index (χ1) is 9.60. The molecule has 2 rings (SSSR count). The van der Waals surface area contributed by atoms with Gasteiger partial charge in [-0.2, -0.15) is 0 Å². The van der Waals surface area contributed by atoms with Crippen molar-refractivity contribution in [2.45, 2.75) is 31.7 Å². The first-order valence-electron chi connectivity index (χ1n) is 6.38. The third kappa shape index (κ3) is 3.67. The summed E-state index contributed by atoms with van der Waals surface area (Å²) >= 11 is 1.45. The summed E-state index contributed by atoms with van der Waals surface area (Å²) in [5.41, 5.74) is 1.04. The van der Waals surface area contributed by atoms with Gasteiger partial charge in [-0.25, -0.2) is 14.6 Å². The van der Waals surface area contributed by atoms with Gasteiger partial charge < -0.3 is 15.2 Å². The molecule has 0 fully saturated rings. The number of methoxy groups -OCH3 is 1. The molecule has 0 aromatic carbocycles. The lowest BCUT2D eigenvalue weighted by Crippen LogP contribution is -2.45. The van der Waals surface area contributed by atoms with E-state index in [9.17, 15) is 9.59 Å². The summed E-state index contributed by atoms with van der Waals surface area (Å²) in [5.74, 6) is -1.14. The molecule has 7 nitrogen and oxygen atoms in total. The Kier molecular flexibility index (Phi) is 4.91. The van der Waals surface area contributed by atoms with E-state index in [0.29, 0.717) is 5.13 Å². The number of carbonyl (C=O) groups excluding carboxylic acids is 1. The standard InChI is InChI=1S/C12H17N3O4S/c1-19-6-8(10(16)17)13-11(18)15-12-14-7-4-2-3-5-9(7)20-12/h8H,2-6H2,1H3,(H,16,17)(H2,13,14,15,18). The van der Waals surface area contributed by atoms with Gasteiger partial charge >= 0.3 is 12.0 Å². The van der Waals surface area contributed by atoms with Crippen molar-refractivity contribution in [1.82, 2.24) is 10.3 Å². The Morgan fingerprint density at radius 2 is 2.20 bits per heavy atom. The van der Waals surface area contributed by atoms with Gasteiger partial charge in [0, 0.05) is 12.0 Å². The molecule has 1 atom stereocenters. The molecule has 0 saturated heterocycles. The van der Waals surface area contributed by atoms with Crippen LogP contribution in [0.3, 0.4) is 0 Å². The van der Waals surface area contributed by atoms with Gasteiger partial charge in [-0.05, 0) is 25.7 Å². The quantitative estimate of drug-likeness (QED) is 0.759. The number of carboxylic acids is 1. The fraction of sp³-hybridized carbons (Fsp3) is 0.583. The van der Waals surface area contributed by atoms with Crippen LogP contribution < -0.4 is 10.6 Å². The highest BCUT2D eigenvalue weighted by Gasteiger charge is 2.21. The van der Waals surface area contributed by atoms with Crippen molar-refractivity contribution in [2.75, 3.05) is 19.0 Å². The van der Waals surface area contributed by atoms with E-state index in [0.717, 1.165) is 31.4 Å². The van der Waals surface area contributed by atoms with Crippen LogP contribution in [0.15, 0.2) is 0 Å². The molecule has 0 aliphatic heterocycles. The van der Waals surface area contributed by atoms with E-state index in [1.165, 1.54) is 23.3 Å². The molecule has 0 bridgehead atoms. The zero-order valence-electron chi connectivity index (χ0n) is 11.1. The Morgan fingerprint density at radius 3 is 2.85 bits per heavy atom. The normalized spacial score (nSPS) is 15.2. The van der Waals surface area contributed by atoms with Crippen LogP contribution in [0.1, 0.15) is 23.4 Å². The molecule has 1 unspecified atom stereocenters. The van der Waals surface area contributed by atoms with E-state index in [-0.39, 0.29) is 6.61 Å². The fourth-order valence-corrected chi connectivity index (χ4v) is 3.08. The highest BCUT2D eigenvalue weighted by atomic mass is 32.1. The lowest BCUT2D eigenvalue weighted by atomic mass is 10.0. The largest absolute Gasteiger partial charge is 0.480 e.